The van der Waals surface area contributed by atoms with E-state index in [0.29, 0.717) is 0 Å². The van der Waals surface area contributed by atoms with Gasteiger partial charge >= 0.3 is 0 Å². The zero-order chi connectivity index (χ0) is 23.0. The fourth-order valence-corrected chi connectivity index (χ4v) is 7.12. The van der Waals surface area contributed by atoms with Crippen molar-refractivity contribution in [3.05, 3.63) is 108 Å². The van der Waals surface area contributed by atoms with E-state index in [4.69, 9.17) is 9.97 Å². The molecule has 0 aromatic carbocycles. The van der Waals surface area contributed by atoms with E-state index in [9.17, 15) is 0 Å². The molecule has 4 aromatic heterocycles. The van der Waals surface area contributed by atoms with Gasteiger partial charge in [0, 0.05) is 34.9 Å². The molecule has 162 valence electrons. The Bertz CT molecular complexity index is 1280. The quantitative estimate of drug-likeness (QED) is 0.336. The SMILES string of the molecule is Cc1ccc(-c2cccc(C3=CC=C(c4cccc(-c5ccc(C)nc5)n4)[Si]3(C)C)n2)cn1. The third kappa shape index (κ3) is 4.07. The van der Waals surface area contributed by atoms with E-state index in [-0.39, 0.29) is 0 Å². The van der Waals surface area contributed by atoms with E-state index >= 15 is 0 Å². The lowest BCUT2D eigenvalue weighted by atomic mass is 10.1. The number of rotatable bonds is 4. The van der Waals surface area contributed by atoms with Crippen molar-refractivity contribution < 1.29 is 0 Å². The molecule has 0 saturated heterocycles. The molecule has 0 fully saturated rings. The number of aryl methyl sites for hydroxylation is 2. The minimum absolute atomic E-state index is 0.950. The second kappa shape index (κ2) is 8.33. The maximum atomic E-state index is 5.02. The average Bonchev–Trinajstić information content (AvgIpc) is 3.15. The molecule has 5 heteroatoms. The fraction of sp³-hybridized carbons (Fsp3) is 0.143. The first kappa shape index (κ1) is 21.2. The molecule has 0 aliphatic carbocycles. The van der Waals surface area contributed by atoms with Gasteiger partial charge in [0.15, 0.2) is 0 Å². The van der Waals surface area contributed by atoms with Crippen LogP contribution in [0.5, 0.6) is 0 Å². The number of pyridine rings is 4. The highest BCUT2D eigenvalue weighted by Gasteiger charge is 2.36. The van der Waals surface area contributed by atoms with Gasteiger partial charge in [-0.25, -0.2) is 9.97 Å². The van der Waals surface area contributed by atoms with E-state index in [1.807, 2.05) is 38.4 Å². The van der Waals surface area contributed by atoms with Crippen molar-refractivity contribution in [1.82, 2.24) is 19.9 Å². The maximum absolute atomic E-state index is 5.02. The van der Waals surface area contributed by atoms with Gasteiger partial charge in [0.05, 0.1) is 22.8 Å². The summed E-state index contributed by atoms with van der Waals surface area (Å²) in [5.74, 6) is 0. The molecule has 0 spiro atoms. The second-order valence-electron chi connectivity index (χ2n) is 8.98. The Balaban J connectivity index is 1.46. The van der Waals surface area contributed by atoms with Crippen LogP contribution in [0.4, 0.5) is 0 Å². The normalized spacial score (nSPS) is 14.7. The van der Waals surface area contributed by atoms with Gasteiger partial charge < -0.3 is 0 Å². The fourth-order valence-electron chi connectivity index (χ4n) is 4.27. The van der Waals surface area contributed by atoms with Crippen LogP contribution >= 0.6 is 0 Å². The lowest BCUT2D eigenvalue weighted by Crippen LogP contribution is -2.29. The third-order valence-electron chi connectivity index (χ3n) is 6.23. The monoisotopic (exact) mass is 446 g/mol. The van der Waals surface area contributed by atoms with Gasteiger partial charge in [0.25, 0.3) is 0 Å². The molecule has 0 unspecified atom stereocenters. The smallest absolute Gasteiger partial charge is 0.117 e. The Morgan fingerprint density at radius 3 is 1.36 bits per heavy atom. The molecular formula is C28H26N4Si. The summed E-state index contributed by atoms with van der Waals surface area (Å²) in [5, 5.41) is 2.65. The van der Waals surface area contributed by atoms with Crippen molar-refractivity contribution in [3.8, 4) is 22.5 Å². The summed E-state index contributed by atoms with van der Waals surface area (Å²) < 4.78 is 0. The average molecular weight is 447 g/mol. The van der Waals surface area contributed by atoms with Gasteiger partial charge in [-0.15, -0.1) is 0 Å². The molecule has 1 aliphatic heterocycles. The van der Waals surface area contributed by atoms with Crippen molar-refractivity contribution in [2.75, 3.05) is 0 Å². The Kier molecular flexibility index (Phi) is 5.34. The molecule has 0 atom stereocenters. The number of allylic oxidation sites excluding steroid dienone is 2. The second-order valence-corrected chi connectivity index (χ2v) is 13.3. The Labute approximate surface area is 195 Å². The first-order chi connectivity index (χ1) is 15.9. The highest BCUT2D eigenvalue weighted by Crippen LogP contribution is 2.41. The number of nitrogens with zero attached hydrogens (tertiary/aromatic N) is 4. The van der Waals surface area contributed by atoms with E-state index in [2.05, 4.69) is 83.7 Å². The van der Waals surface area contributed by atoms with Gasteiger partial charge in [0.2, 0.25) is 0 Å². The van der Waals surface area contributed by atoms with Gasteiger partial charge in [-0.2, -0.15) is 0 Å². The summed E-state index contributed by atoms with van der Waals surface area (Å²) in [4.78, 5) is 18.9. The number of aromatic nitrogens is 4. The van der Waals surface area contributed by atoms with Gasteiger partial charge in [-0.3, -0.25) is 9.97 Å². The molecule has 5 rings (SSSR count). The van der Waals surface area contributed by atoms with Crippen LogP contribution in [0.2, 0.25) is 13.1 Å². The van der Waals surface area contributed by atoms with E-state index in [1.165, 1.54) is 10.4 Å². The predicted octanol–water partition coefficient (Wildman–Crippen LogP) is 6.48. The van der Waals surface area contributed by atoms with Gasteiger partial charge in [-0.1, -0.05) is 37.4 Å². The highest BCUT2D eigenvalue weighted by molar-refractivity contribution is 7.09. The summed E-state index contributed by atoms with van der Waals surface area (Å²) in [6, 6.07) is 20.7. The largest absolute Gasteiger partial charge is 0.261 e. The van der Waals surface area contributed by atoms with E-state index < -0.39 is 8.07 Å². The van der Waals surface area contributed by atoms with Crippen molar-refractivity contribution in [1.29, 1.82) is 0 Å². The predicted molar refractivity (Wildman–Crippen MR) is 138 cm³/mol. The van der Waals surface area contributed by atoms with Crippen LogP contribution in [0.3, 0.4) is 0 Å². The third-order valence-corrected chi connectivity index (χ3v) is 9.77. The minimum atomic E-state index is -1.98. The molecular weight excluding hydrogens is 420 g/mol. The van der Waals surface area contributed by atoms with Crippen LogP contribution in [0, 0.1) is 13.8 Å². The molecule has 33 heavy (non-hydrogen) atoms. The summed E-state index contributed by atoms with van der Waals surface area (Å²) in [6.45, 7) is 8.75. The Morgan fingerprint density at radius 2 is 0.970 bits per heavy atom. The van der Waals surface area contributed by atoms with Crippen LogP contribution in [-0.4, -0.2) is 28.0 Å². The van der Waals surface area contributed by atoms with Crippen LogP contribution in [0.15, 0.2) is 85.2 Å². The topological polar surface area (TPSA) is 51.6 Å². The molecule has 4 aromatic rings. The number of hydrogen-bond donors (Lipinski definition) is 0. The summed E-state index contributed by atoms with van der Waals surface area (Å²) in [5.41, 5.74) is 8.06. The first-order valence-electron chi connectivity index (χ1n) is 11.2. The minimum Gasteiger partial charge on any atom is -0.261 e. The molecule has 4 nitrogen and oxygen atoms in total. The molecule has 0 radical (unpaired) electrons. The van der Waals surface area contributed by atoms with Crippen molar-refractivity contribution >= 4 is 18.5 Å². The molecule has 0 N–H and O–H groups in total. The first-order valence-corrected chi connectivity index (χ1v) is 14.2. The van der Waals surface area contributed by atoms with Crippen molar-refractivity contribution in [2.45, 2.75) is 26.9 Å². The zero-order valence-electron chi connectivity index (χ0n) is 19.4. The summed E-state index contributed by atoms with van der Waals surface area (Å²) in [7, 11) is -1.98. The Morgan fingerprint density at radius 1 is 0.545 bits per heavy atom. The molecule has 1 aliphatic rings. The maximum Gasteiger partial charge on any atom is 0.117 e. The summed E-state index contributed by atoms with van der Waals surface area (Å²) in [6.07, 6.45) is 8.27. The standard InChI is InChI=1S/C28H26N4Si/c1-19-11-13-21(17-29-19)23-7-5-9-25(31-23)27-15-16-28(33(27,3)4)26-10-6-8-24(32-26)22-14-12-20(2)30-18-22/h5-18H,1-4H3. The lowest BCUT2D eigenvalue weighted by molar-refractivity contribution is 1.19. The zero-order valence-corrected chi connectivity index (χ0v) is 20.4. The summed E-state index contributed by atoms with van der Waals surface area (Å²) >= 11 is 0. The van der Waals surface area contributed by atoms with Crippen molar-refractivity contribution in [2.24, 2.45) is 0 Å². The van der Waals surface area contributed by atoms with Crippen LogP contribution in [0.1, 0.15) is 22.8 Å². The van der Waals surface area contributed by atoms with Gasteiger partial charge in [-0.05, 0) is 72.8 Å². The molecule has 0 bridgehead atoms. The molecule has 0 saturated carbocycles. The van der Waals surface area contributed by atoms with Crippen LogP contribution in [-0.2, 0) is 0 Å². The van der Waals surface area contributed by atoms with E-state index in [0.717, 1.165) is 45.3 Å². The molecule has 5 heterocycles. The molecule has 0 amide bonds. The van der Waals surface area contributed by atoms with Crippen LogP contribution in [0.25, 0.3) is 32.9 Å². The van der Waals surface area contributed by atoms with Crippen LogP contribution < -0.4 is 0 Å². The highest BCUT2D eigenvalue weighted by atomic mass is 28.3. The van der Waals surface area contributed by atoms with Crippen molar-refractivity contribution in [3.63, 3.8) is 0 Å². The number of hydrogen-bond acceptors (Lipinski definition) is 4. The van der Waals surface area contributed by atoms with E-state index in [1.54, 1.807) is 0 Å². The van der Waals surface area contributed by atoms with Gasteiger partial charge in [0.1, 0.15) is 8.07 Å². The Hall–Kier alpha value is -3.70. The lowest BCUT2D eigenvalue weighted by Gasteiger charge is -2.25.